The van der Waals surface area contributed by atoms with Gasteiger partial charge in [-0.25, -0.2) is 9.59 Å². The van der Waals surface area contributed by atoms with E-state index < -0.39 is 0 Å². The molecule has 0 atom stereocenters. The average molecular weight is 356 g/mol. The number of hydrogen-bond acceptors (Lipinski definition) is 4. The second-order valence-corrected chi connectivity index (χ2v) is 5.87. The standard InChI is InChI=1S/C16H22ClN3O4/c1-23-16(22)20-8-5-13(6-9-20)19-15(21)18-7-10-24-14-4-2-3-12(17)11-14/h2-4,11,13H,5-10H2,1H3,(H2,18,19,21). The van der Waals surface area contributed by atoms with E-state index in [0.717, 1.165) is 0 Å². The predicted octanol–water partition coefficient (Wildman–Crippen LogP) is 2.25. The minimum Gasteiger partial charge on any atom is -0.492 e. The first kappa shape index (κ1) is 18.2. The van der Waals surface area contributed by atoms with E-state index in [2.05, 4.69) is 15.4 Å². The third-order valence-corrected chi connectivity index (χ3v) is 3.95. The van der Waals surface area contributed by atoms with Crippen LogP contribution in [0.3, 0.4) is 0 Å². The monoisotopic (exact) mass is 355 g/mol. The highest BCUT2D eigenvalue weighted by Gasteiger charge is 2.23. The van der Waals surface area contributed by atoms with Crippen molar-refractivity contribution in [1.82, 2.24) is 15.5 Å². The number of rotatable bonds is 5. The Morgan fingerprint density at radius 1 is 1.33 bits per heavy atom. The maximum absolute atomic E-state index is 11.8. The molecule has 2 rings (SSSR count). The Bertz CT molecular complexity index is 562. The molecule has 0 radical (unpaired) electrons. The van der Waals surface area contributed by atoms with Gasteiger partial charge in [-0.3, -0.25) is 0 Å². The number of piperidine rings is 1. The van der Waals surface area contributed by atoms with Crippen LogP contribution < -0.4 is 15.4 Å². The van der Waals surface area contributed by atoms with Crippen LogP contribution in [-0.4, -0.2) is 56.4 Å². The first-order valence-corrected chi connectivity index (χ1v) is 8.22. The van der Waals surface area contributed by atoms with Crippen molar-refractivity contribution in [3.8, 4) is 5.75 Å². The highest BCUT2D eigenvalue weighted by Crippen LogP contribution is 2.16. The number of halogens is 1. The number of ether oxygens (including phenoxy) is 2. The third-order valence-electron chi connectivity index (χ3n) is 3.72. The maximum atomic E-state index is 11.8. The summed E-state index contributed by atoms with van der Waals surface area (Å²) >= 11 is 5.86. The first-order chi connectivity index (χ1) is 11.6. The largest absolute Gasteiger partial charge is 0.492 e. The molecule has 132 valence electrons. The van der Waals surface area contributed by atoms with Gasteiger partial charge in [-0.15, -0.1) is 0 Å². The van der Waals surface area contributed by atoms with Crippen molar-refractivity contribution in [2.24, 2.45) is 0 Å². The molecule has 0 aliphatic carbocycles. The molecule has 1 aliphatic rings. The van der Waals surface area contributed by atoms with Gasteiger partial charge >= 0.3 is 12.1 Å². The molecule has 1 aliphatic heterocycles. The van der Waals surface area contributed by atoms with E-state index in [9.17, 15) is 9.59 Å². The van der Waals surface area contributed by atoms with Gasteiger partial charge in [0.2, 0.25) is 0 Å². The summed E-state index contributed by atoms with van der Waals surface area (Å²) in [5.41, 5.74) is 0. The van der Waals surface area contributed by atoms with Gasteiger partial charge in [-0.05, 0) is 31.0 Å². The minimum absolute atomic E-state index is 0.0553. The maximum Gasteiger partial charge on any atom is 0.409 e. The van der Waals surface area contributed by atoms with Gasteiger partial charge in [-0.1, -0.05) is 17.7 Å². The average Bonchev–Trinajstić information content (AvgIpc) is 2.59. The predicted molar refractivity (Wildman–Crippen MR) is 90.5 cm³/mol. The first-order valence-electron chi connectivity index (χ1n) is 7.84. The van der Waals surface area contributed by atoms with E-state index >= 15 is 0 Å². The molecule has 1 aromatic carbocycles. The van der Waals surface area contributed by atoms with E-state index in [1.807, 2.05) is 0 Å². The highest BCUT2D eigenvalue weighted by molar-refractivity contribution is 6.30. The molecule has 3 amide bonds. The van der Waals surface area contributed by atoms with Crippen LogP contribution in [0.25, 0.3) is 0 Å². The van der Waals surface area contributed by atoms with E-state index in [1.165, 1.54) is 7.11 Å². The Kier molecular flexibility index (Phi) is 6.99. The van der Waals surface area contributed by atoms with E-state index in [-0.39, 0.29) is 18.2 Å². The number of hydrogen-bond donors (Lipinski definition) is 2. The van der Waals surface area contributed by atoms with Crippen LogP contribution in [0, 0.1) is 0 Å². The summed E-state index contributed by atoms with van der Waals surface area (Å²) in [6, 6.07) is 6.92. The Morgan fingerprint density at radius 2 is 2.08 bits per heavy atom. The summed E-state index contributed by atoms with van der Waals surface area (Å²) in [7, 11) is 1.37. The fourth-order valence-electron chi connectivity index (χ4n) is 2.46. The zero-order chi connectivity index (χ0) is 17.4. The number of nitrogens with one attached hydrogen (secondary N) is 2. The molecular weight excluding hydrogens is 334 g/mol. The lowest BCUT2D eigenvalue weighted by Crippen LogP contribution is -2.49. The molecule has 1 fully saturated rings. The molecule has 1 aromatic rings. The zero-order valence-electron chi connectivity index (χ0n) is 13.6. The van der Waals surface area contributed by atoms with Crippen LogP contribution in [0.5, 0.6) is 5.75 Å². The van der Waals surface area contributed by atoms with Crippen molar-refractivity contribution in [2.75, 3.05) is 33.4 Å². The fraction of sp³-hybridized carbons (Fsp3) is 0.500. The van der Waals surface area contributed by atoms with E-state index in [1.54, 1.807) is 29.2 Å². The van der Waals surface area contributed by atoms with Crippen molar-refractivity contribution >= 4 is 23.7 Å². The van der Waals surface area contributed by atoms with Gasteiger partial charge in [0.15, 0.2) is 0 Å². The molecule has 0 bridgehead atoms. The number of likely N-dealkylation sites (tertiary alicyclic amines) is 1. The Balaban J connectivity index is 1.59. The quantitative estimate of drug-likeness (QED) is 0.794. The topological polar surface area (TPSA) is 79.9 Å². The number of nitrogens with zero attached hydrogens (tertiary/aromatic N) is 1. The second kappa shape index (κ2) is 9.22. The van der Waals surface area contributed by atoms with Crippen LogP contribution in [0.15, 0.2) is 24.3 Å². The molecule has 1 saturated heterocycles. The molecule has 1 heterocycles. The minimum atomic E-state index is -0.323. The molecule has 2 N–H and O–H groups in total. The summed E-state index contributed by atoms with van der Waals surface area (Å²) in [5, 5.41) is 6.25. The number of urea groups is 1. The Labute approximate surface area is 146 Å². The van der Waals surface area contributed by atoms with Crippen LogP contribution in [0.2, 0.25) is 5.02 Å². The SMILES string of the molecule is COC(=O)N1CCC(NC(=O)NCCOc2cccc(Cl)c2)CC1. The van der Waals surface area contributed by atoms with Crippen LogP contribution >= 0.6 is 11.6 Å². The molecule has 24 heavy (non-hydrogen) atoms. The fourth-order valence-corrected chi connectivity index (χ4v) is 2.64. The van der Waals surface area contributed by atoms with Crippen molar-refractivity contribution in [3.63, 3.8) is 0 Å². The van der Waals surface area contributed by atoms with Crippen molar-refractivity contribution < 1.29 is 19.1 Å². The van der Waals surface area contributed by atoms with Crippen molar-refractivity contribution in [3.05, 3.63) is 29.3 Å². The second-order valence-electron chi connectivity index (χ2n) is 5.44. The van der Waals surface area contributed by atoms with Gasteiger partial charge in [0, 0.05) is 24.2 Å². The normalized spacial score (nSPS) is 14.8. The lowest BCUT2D eigenvalue weighted by Gasteiger charge is -2.31. The molecule has 7 nitrogen and oxygen atoms in total. The highest BCUT2D eigenvalue weighted by atomic mass is 35.5. The Morgan fingerprint density at radius 3 is 2.75 bits per heavy atom. The molecular formula is C16H22ClN3O4. The van der Waals surface area contributed by atoms with Gasteiger partial charge in [0.1, 0.15) is 12.4 Å². The molecule has 0 spiro atoms. The van der Waals surface area contributed by atoms with E-state index in [4.69, 9.17) is 16.3 Å². The summed E-state index contributed by atoms with van der Waals surface area (Å²) in [6.07, 6.45) is 1.10. The zero-order valence-corrected chi connectivity index (χ0v) is 14.3. The number of carbonyl (C=O) groups is 2. The van der Waals surface area contributed by atoms with Gasteiger partial charge < -0.3 is 25.0 Å². The van der Waals surface area contributed by atoms with Crippen LogP contribution in [-0.2, 0) is 4.74 Å². The number of carbonyl (C=O) groups excluding carboxylic acids is 2. The molecule has 8 heteroatoms. The van der Waals surface area contributed by atoms with Crippen molar-refractivity contribution in [2.45, 2.75) is 18.9 Å². The van der Waals surface area contributed by atoms with Gasteiger partial charge in [-0.2, -0.15) is 0 Å². The summed E-state index contributed by atoms with van der Waals surface area (Å²) < 4.78 is 10.2. The molecule has 0 saturated carbocycles. The summed E-state index contributed by atoms with van der Waals surface area (Å²) in [5.74, 6) is 0.667. The van der Waals surface area contributed by atoms with E-state index in [0.29, 0.717) is 49.9 Å². The smallest absolute Gasteiger partial charge is 0.409 e. The Hall–Kier alpha value is -2.15. The summed E-state index contributed by atoms with van der Waals surface area (Å²) in [6.45, 7) is 1.90. The van der Waals surface area contributed by atoms with Gasteiger partial charge in [0.05, 0.1) is 13.7 Å². The lowest BCUT2D eigenvalue weighted by molar-refractivity contribution is 0.110. The summed E-state index contributed by atoms with van der Waals surface area (Å²) in [4.78, 5) is 24.9. The number of benzene rings is 1. The number of amides is 3. The van der Waals surface area contributed by atoms with Crippen LogP contribution in [0.4, 0.5) is 9.59 Å². The number of methoxy groups -OCH3 is 1. The lowest BCUT2D eigenvalue weighted by atomic mass is 10.1. The van der Waals surface area contributed by atoms with Gasteiger partial charge in [0.25, 0.3) is 0 Å². The molecule has 0 aromatic heterocycles. The van der Waals surface area contributed by atoms with Crippen molar-refractivity contribution in [1.29, 1.82) is 0 Å². The third kappa shape index (κ3) is 5.81. The van der Waals surface area contributed by atoms with Crippen LogP contribution in [0.1, 0.15) is 12.8 Å². The molecule has 0 unspecified atom stereocenters.